The summed E-state index contributed by atoms with van der Waals surface area (Å²) in [7, 11) is 0. The summed E-state index contributed by atoms with van der Waals surface area (Å²) in [6.07, 6.45) is 2.39. The number of hydrogen-bond donors (Lipinski definition) is 2. The number of carbonyl (C=O) groups excluding carboxylic acids is 1. The number of fused-ring (bicyclic) bond motifs is 1. The van der Waals surface area contributed by atoms with E-state index in [4.69, 9.17) is 16.3 Å². The number of ether oxygens (including phenoxy) is 1. The van der Waals surface area contributed by atoms with Gasteiger partial charge in [0, 0.05) is 22.8 Å². The number of rotatable bonds is 3. The summed E-state index contributed by atoms with van der Waals surface area (Å²) < 4.78 is 18.8. The number of aromatic amines is 1. The highest BCUT2D eigenvalue weighted by Crippen LogP contribution is 2.27. The largest absolute Gasteiger partial charge is 0.412 e. The molecule has 0 aliphatic carbocycles. The van der Waals surface area contributed by atoms with Crippen LogP contribution in [0.1, 0.15) is 13.8 Å². The Morgan fingerprint density at radius 3 is 2.88 bits per heavy atom. The van der Waals surface area contributed by atoms with E-state index < -0.39 is 11.9 Å². The molecule has 0 fully saturated rings. The number of benzene rings is 1. The van der Waals surface area contributed by atoms with E-state index in [1.165, 1.54) is 24.5 Å². The van der Waals surface area contributed by atoms with Gasteiger partial charge in [-0.2, -0.15) is 0 Å². The van der Waals surface area contributed by atoms with E-state index in [0.29, 0.717) is 22.4 Å². The molecule has 0 saturated heterocycles. The average Bonchev–Trinajstić information content (AvgIpc) is 2.87. The third-order valence-corrected chi connectivity index (χ3v) is 3.33. The first-order valence-electron chi connectivity index (χ1n) is 7.21. The number of nitrogens with one attached hydrogen (secondary N) is 2. The van der Waals surface area contributed by atoms with Gasteiger partial charge in [0.1, 0.15) is 5.82 Å². The summed E-state index contributed by atoms with van der Waals surface area (Å²) in [6.45, 7) is 3.64. The third kappa shape index (κ3) is 3.46. The maximum Gasteiger partial charge on any atom is 0.412 e. The van der Waals surface area contributed by atoms with Crippen LogP contribution in [0, 0.1) is 5.82 Å². The Hall–Kier alpha value is -2.67. The summed E-state index contributed by atoms with van der Waals surface area (Å²) in [6, 6.07) is 4.04. The van der Waals surface area contributed by atoms with Crippen LogP contribution < -0.4 is 10.1 Å². The van der Waals surface area contributed by atoms with Gasteiger partial charge in [-0.3, -0.25) is 0 Å². The Morgan fingerprint density at radius 1 is 1.38 bits per heavy atom. The van der Waals surface area contributed by atoms with Crippen LogP contribution in [0.2, 0.25) is 5.02 Å². The van der Waals surface area contributed by atoms with Crippen LogP contribution in [-0.4, -0.2) is 27.1 Å². The van der Waals surface area contributed by atoms with Crippen LogP contribution in [0.5, 0.6) is 5.75 Å². The molecule has 3 rings (SSSR count). The molecule has 0 radical (unpaired) electrons. The summed E-state index contributed by atoms with van der Waals surface area (Å²) in [5.74, 6) is -0.235. The fraction of sp³-hybridized carbons (Fsp3) is 0.188. The van der Waals surface area contributed by atoms with Gasteiger partial charge >= 0.3 is 6.09 Å². The fourth-order valence-corrected chi connectivity index (χ4v) is 2.37. The van der Waals surface area contributed by atoms with E-state index in [1.54, 1.807) is 6.07 Å². The summed E-state index contributed by atoms with van der Waals surface area (Å²) in [4.78, 5) is 23.2. The predicted molar refractivity (Wildman–Crippen MR) is 88.6 cm³/mol. The van der Waals surface area contributed by atoms with Gasteiger partial charge in [0.2, 0.25) is 0 Å². The number of halogens is 2. The van der Waals surface area contributed by atoms with Crippen molar-refractivity contribution in [3.8, 4) is 17.0 Å². The molecule has 0 aliphatic heterocycles. The molecule has 8 heteroatoms. The Kier molecular flexibility index (Phi) is 4.35. The van der Waals surface area contributed by atoms with Crippen LogP contribution in [0.25, 0.3) is 22.4 Å². The maximum absolute atomic E-state index is 13.5. The molecule has 0 atom stereocenters. The zero-order chi connectivity index (χ0) is 17.3. The van der Waals surface area contributed by atoms with E-state index in [2.05, 4.69) is 20.3 Å². The van der Waals surface area contributed by atoms with Crippen molar-refractivity contribution < 1.29 is 13.9 Å². The van der Waals surface area contributed by atoms with Gasteiger partial charge < -0.3 is 15.0 Å². The molecule has 2 N–H and O–H groups in total. The highest BCUT2D eigenvalue weighted by atomic mass is 35.5. The first-order valence-corrected chi connectivity index (χ1v) is 7.59. The normalized spacial score (nSPS) is 11.0. The standard InChI is InChI=1S/C16H14ClFN4O2/c1-8(2)21-16(23)24-13-7-20-15-14(13)22-12(6-19-15)9-3-10(17)5-11(18)4-9/h3-8H,1-2H3,(H,19,20)(H,21,23). The summed E-state index contributed by atoms with van der Waals surface area (Å²) >= 11 is 5.87. The highest BCUT2D eigenvalue weighted by molar-refractivity contribution is 6.30. The van der Waals surface area contributed by atoms with E-state index in [1.807, 2.05) is 13.8 Å². The molecule has 6 nitrogen and oxygen atoms in total. The van der Waals surface area contributed by atoms with Crippen molar-refractivity contribution in [2.45, 2.75) is 19.9 Å². The molecule has 2 aromatic heterocycles. The Bertz CT molecular complexity index is 890. The van der Waals surface area contributed by atoms with Crippen LogP contribution >= 0.6 is 11.6 Å². The summed E-state index contributed by atoms with van der Waals surface area (Å²) in [5, 5.41) is 2.87. The first-order chi connectivity index (χ1) is 11.4. The van der Waals surface area contributed by atoms with Gasteiger partial charge in [-0.05, 0) is 32.0 Å². The van der Waals surface area contributed by atoms with Gasteiger partial charge in [-0.25, -0.2) is 19.2 Å². The van der Waals surface area contributed by atoms with Gasteiger partial charge in [0.25, 0.3) is 0 Å². The van der Waals surface area contributed by atoms with Crippen molar-refractivity contribution in [1.82, 2.24) is 20.3 Å². The third-order valence-electron chi connectivity index (χ3n) is 3.11. The quantitative estimate of drug-likeness (QED) is 0.752. The predicted octanol–water partition coefficient (Wildman–Crippen LogP) is 3.91. The fourth-order valence-electron chi connectivity index (χ4n) is 2.15. The molecule has 0 saturated carbocycles. The van der Waals surface area contributed by atoms with Crippen molar-refractivity contribution in [3.63, 3.8) is 0 Å². The number of hydrogen-bond acceptors (Lipinski definition) is 4. The zero-order valence-electron chi connectivity index (χ0n) is 12.9. The molecule has 24 heavy (non-hydrogen) atoms. The molecule has 0 aliphatic rings. The van der Waals surface area contributed by atoms with E-state index in [0.717, 1.165) is 0 Å². The average molecular weight is 349 g/mol. The minimum atomic E-state index is -0.591. The Balaban J connectivity index is 1.98. The SMILES string of the molecule is CC(C)NC(=O)Oc1c[nH]c2ncc(-c3cc(F)cc(Cl)c3)nc12. The van der Waals surface area contributed by atoms with Crippen molar-refractivity contribution in [1.29, 1.82) is 0 Å². The second kappa shape index (κ2) is 6.45. The highest BCUT2D eigenvalue weighted by Gasteiger charge is 2.14. The van der Waals surface area contributed by atoms with E-state index >= 15 is 0 Å². The Morgan fingerprint density at radius 2 is 2.17 bits per heavy atom. The molecule has 0 spiro atoms. The topological polar surface area (TPSA) is 79.9 Å². The van der Waals surface area contributed by atoms with E-state index in [-0.39, 0.29) is 16.8 Å². The number of nitrogens with zero attached hydrogens (tertiary/aromatic N) is 2. The second-order valence-corrected chi connectivity index (χ2v) is 5.89. The minimum Gasteiger partial charge on any atom is -0.406 e. The van der Waals surface area contributed by atoms with Crippen molar-refractivity contribution in [3.05, 3.63) is 41.4 Å². The maximum atomic E-state index is 13.5. The first kappa shape index (κ1) is 16.2. The lowest BCUT2D eigenvalue weighted by Crippen LogP contribution is -2.32. The number of aromatic nitrogens is 3. The van der Waals surface area contributed by atoms with Crippen LogP contribution in [0.4, 0.5) is 9.18 Å². The number of amides is 1. The number of carbonyl (C=O) groups is 1. The lowest BCUT2D eigenvalue weighted by molar-refractivity contribution is 0.198. The molecule has 0 unspecified atom stereocenters. The van der Waals surface area contributed by atoms with Crippen molar-refractivity contribution >= 4 is 28.9 Å². The molecular formula is C16H14ClFN4O2. The Labute approximate surface area is 142 Å². The molecule has 3 aromatic rings. The molecule has 1 amide bonds. The number of H-pyrrole nitrogens is 1. The molecule has 0 bridgehead atoms. The zero-order valence-corrected chi connectivity index (χ0v) is 13.7. The van der Waals surface area contributed by atoms with Crippen LogP contribution in [0.3, 0.4) is 0 Å². The molecule has 124 valence electrons. The van der Waals surface area contributed by atoms with Crippen molar-refractivity contribution in [2.24, 2.45) is 0 Å². The smallest absolute Gasteiger partial charge is 0.406 e. The minimum absolute atomic E-state index is 0.0567. The second-order valence-electron chi connectivity index (χ2n) is 5.45. The van der Waals surface area contributed by atoms with Gasteiger partial charge in [0.05, 0.1) is 11.9 Å². The lowest BCUT2D eigenvalue weighted by atomic mass is 10.1. The summed E-state index contributed by atoms with van der Waals surface area (Å²) in [5.41, 5.74) is 1.71. The van der Waals surface area contributed by atoms with Gasteiger partial charge in [-0.1, -0.05) is 11.6 Å². The van der Waals surface area contributed by atoms with Crippen LogP contribution in [-0.2, 0) is 0 Å². The van der Waals surface area contributed by atoms with E-state index in [9.17, 15) is 9.18 Å². The van der Waals surface area contributed by atoms with Gasteiger partial charge in [0.15, 0.2) is 16.9 Å². The lowest BCUT2D eigenvalue weighted by Gasteiger charge is -2.08. The molecular weight excluding hydrogens is 335 g/mol. The van der Waals surface area contributed by atoms with Gasteiger partial charge in [-0.15, -0.1) is 0 Å². The van der Waals surface area contributed by atoms with Crippen LogP contribution in [0.15, 0.2) is 30.6 Å². The molecule has 2 heterocycles. The molecule has 1 aromatic carbocycles. The van der Waals surface area contributed by atoms with Crippen molar-refractivity contribution in [2.75, 3.05) is 0 Å². The monoisotopic (exact) mass is 348 g/mol.